The third-order valence-electron chi connectivity index (χ3n) is 2.54. The summed E-state index contributed by atoms with van der Waals surface area (Å²) >= 11 is 6.06. The molecule has 0 saturated carbocycles. The molecular weight excluding hydrogens is 196 g/mol. The van der Waals surface area contributed by atoms with E-state index >= 15 is 0 Å². The quantitative estimate of drug-likeness (QED) is 0.783. The summed E-state index contributed by atoms with van der Waals surface area (Å²) in [5, 5.41) is 7.66. The smallest absolute Gasteiger partial charge is 0.0766 e. The number of rotatable bonds is 2. The summed E-state index contributed by atoms with van der Waals surface area (Å²) < 4.78 is 0. The molecule has 0 amide bonds. The molecule has 0 bridgehead atoms. The minimum atomic E-state index is 0.533. The van der Waals surface area contributed by atoms with E-state index in [0.717, 1.165) is 22.9 Å². The standard InChI is InChI=1S/C11H15ClN2/c1-2-4-8-7-13-11-9(12)5-3-6-10(11)14-8/h3,5-6,8,13-14H,2,4,7H2,1H3. The molecule has 3 heteroatoms. The molecule has 0 radical (unpaired) electrons. The summed E-state index contributed by atoms with van der Waals surface area (Å²) in [6.07, 6.45) is 2.40. The highest BCUT2D eigenvalue weighted by molar-refractivity contribution is 6.34. The number of hydrogen-bond acceptors (Lipinski definition) is 2. The summed E-state index contributed by atoms with van der Waals surface area (Å²) in [4.78, 5) is 0. The molecule has 1 aromatic rings. The Morgan fingerprint density at radius 1 is 1.50 bits per heavy atom. The Kier molecular flexibility index (Phi) is 2.82. The van der Waals surface area contributed by atoms with Crippen LogP contribution in [0.4, 0.5) is 11.4 Å². The van der Waals surface area contributed by atoms with Crippen LogP contribution in [0.1, 0.15) is 19.8 Å². The van der Waals surface area contributed by atoms with Crippen molar-refractivity contribution in [1.82, 2.24) is 0 Å². The second kappa shape index (κ2) is 4.09. The van der Waals surface area contributed by atoms with Gasteiger partial charge in [0, 0.05) is 12.6 Å². The van der Waals surface area contributed by atoms with Gasteiger partial charge in [-0.2, -0.15) is 0 Å². The Bertz CT molecular complexity index is 325. The van der Waals surface area contributed by atoms with E-state index in [1.165, 1.54) is 12.8 Å². The second-order valence-corrected chi connectivity index (χ2v) is 4.08. The molecule has 1 unspecified atom stereocenters. The highest BCUT2D eigenvalue weighted by atomic mass is 35.5. The van der Waals surface area contributed by atoms with Gasteiger partial charge in [-0.15, -0.1) is 0 Å². The maximum atomic E-state index is 6.06. The van der Waals surface area contributed by atoms with Crippen LogP contribution in [0.15, 0.2) is 18.2 Å². The average Bonchev–Trinajstić information content (AvgIpc) is 2.18. The number of para-hydroxylation sites is 1. The molecular formula is C11H15ClN2. The maximum Gasteiger partial charge on any atom is 0.0766 e. The lowest BCUT2D eigenvalue weighted by Gasteiger charge is -2.28. The molecule has 1 aromatic carbocycles. The Labute approximate surface area is 89.7 Å². The second-order valence-electron chi connectivity index (χ2n) is 3.67. The fourth-order valence-corrected chi connectivity index (χ4v) is 2.08. The van der Waals surface area contributed by atoms with Gasteiger partial charge in [0.1, 0.15) is 0 Å². The maximum absolute atomic E-state index is 6.06. The number of anilines is 2. The van der Waals surface area contributed by atoms with Crippen LogP contribution in [-0.4, -0.2) is 12.6 Å². The molecule has 2 nitrogen and oxygen atoms in total. The van der Waals surface area contributed by atoms with Crippen molar-refractivity contribution in [2.24, 2.45) is 0 Å². The topological polar surface area (TPSA) is 24.1 Å². The lowest BCUT2D eigenvalue weighted by atomic mass is 10.1. The minimum absolute atomic E-state index is 0.533. The number of fused-ring (bicyclic) bond motifs is 1. The van der Waals surface area contributed by atoms with Crippen LogP contribution in [0.5, 0.6) is 0 Å². The van der Waals surface area contributed by atoms with Crippen LogP contribution in [0, 0.1) is 0 Å². The van der Waals surface area contributed by atoms with Gasteiger partial charge in [0.05, 0.1) is 16.4 Å². The zero-order valence-electron chi connectivity index (χ0n) is 8.31. The number of halogens is 1. The van der Waals surface area contributed by atoms with Gasteiger partial charge >= 0.3 is 0 Å². The molecule has 0 fully saturated rings. The summed E-state index contributed by atoms with van der Waals surface area (Å²) in [7, 11) is 0. The Hall–Kier alpha value is -0.890. The summed E-state index contributed by atoms with van der Waals surface area (Å²) in [6.45, 7) is 3.17. The van der Waals surface area contributed by atoms with Gasteiger partial charge in [-0.1, -0.05) is 31.0 Å². The Morgan fingerprint density at radius 3 is 3.14 bits per heavy atom. The first kappa shape index (κ1) is 9.66. The van der Waals surface area contributed by atoms with E-state index in [2.05, 4.69) is 23.6 Å². The Morgan fingerprint density at radius 2 is 2.36 bits per heavy atom. The molecule has 1 aliphatic heterocycles. The van der Waals surface area contributed by atoms with Crippen molar-refractivity contribution in [2.45, 2.75) is 25.8 Å². The van der Waals surface area contributed by atoms with Crippen LogP contribution >= 0.6 is 11.6 Å². The van der Waals surface area contributed by atoms with Gasteiger partial charge in [-0.05, 0) is 18.6 Å². The third-order valence-corrected chi connectivity index (χ3v) is 2.85. The molecule has 0 spiro atoms. The molecule has 1 aliphatic rings. The monoisotopic (exact) mass is 210 g/mol. The SMILES string of the molecule is CCCC1CNc2c(Cl)cccc2N1. The zero-order valence-corrected chi connectivity index (χ0v) is 9.06. The van der Waals surface area contributed by atoms with Crippen molar-refractivity contribution >= 4 is 23.0 Å². The van der Waals surface area contributed by atoms with E-state index in [4.69, 9.17) is 11.6 Å². The number of benzene rings is 1. The predicted octanol–water partition coefficient (Wildman–Crippen LogP) is 3.35. The van der Waals surface area contributed by atoms with Gasteiger partial charge in [-0.25, -0.2) is 0 Å². The van der Waals surface area contributed by atoms with E-state index in [0.29, 0.717) is 6.04 Å². The van der Waals surface area contributed by atoms with Crippen molar-refractivity contribution < 1.29 is 0 Å². The van der Waals surface area contributed by atoms with Crippen LogP contribution in [-0.2, 0) is 0 Å². The average molecular weight is 211 g/mol. The molecule has 2 N–H and O–H groups in total. The molecule has 76 valence electrons. The van der Waals surface area contributed by atoms with Crippen molar-refractivity contribution in [1.29, 1.82) is 0 Å². The molecule has 0 aliphatic carbocycles. The summed E-state index contributed by atoms with van der Waals surface area (Å²) in [6, 6.07) is 6.49. The molecule has 0 aromatic heterocycles. The molecule has 1 atom stereocenters. The van der Waals surface area contributed by atoms with E-state index < -0.39 is 0 Å². The largest absolute Gasteiger partial charge is 0.380 e. The van der Waals surface area contributed by atoms with E-state index in [1.54, 1.807) is 0 Å². The fourth-order valence-electron chi connectivity index (χ4n) is 1.84. The van der Waals surface area contributed by atoms with Crippen molar-refractivity contribution in [3.63, 3.8) is 0 Å². The first-order chi connectivity index (χ1) is 6.81. The summed E-state index contributed by atoms with van der Waals surface area (Å²) in [5.74, 6) is 0. The fraction of sp³-hybridized carbons (Fsp3) is 0.455. The van der Waals surface area contributed by atoms with Crippen molar-refractivity contribution in [3.05, 3.63) is 23.2 Å². The predicted molar refractivity (Wildman–Crippen MR) is 62.3 cm³/mol. The van der Waals surface area contributed by atoms with Crippen LogP contribution < -0.4 is 10.6 Å². The molecule has 0 saturated heterocycles. The van der Waals surface area contributed by atoms with E-state index in [-0.39, 0.29) is 0 Å². The number of hydrogen-bond donors (Lipinski definition) is 2. The highest BCUT2D eigenvalue weighted by Gasteiger charge is 2.17. The van der Waals surface area contributed by atoms with Crippen LogP contribution in [0.2, 0.25) is 5.02 Å². The Balaban J connectivity index is 2.18. The van der Waals surface area contributed by atoms with Gasteiger partial charge < -0.3 is 10.6 Å². The molecule has 1 heterocycles. The molecule has 2 rings (SSSR count). The van der Waals surface area contributed by atoms with Gasteiger partial charge in [0.15, 0.2) is 0 Å². The van der Waals surface area contributed by atoms with E-state index in [1.807, 2.05) is 12.1 Å². The highest BCUT2D eigenvalue weighted by Crippen LogP contribution is 2.33. The zero-order chi connectivity index (χ0) is 9.97. The normalized spacial score (nSPS) is 19.4. The van der Waals surface area contributed by atoms with Crippen LogP contribution in [0.25, 0.3) is 0 Å². The van der Waals surface area contributed by atoms with Gasteiger partial charge in [0.25, 0.3) is 0 Å². The minimum Gasteiger partial charge on any atom is -0.380 e. The summed E-state index contributed by atoms with van der Waals surface area (Å²) in [5.41, 5.74) is 2.17. The van der Waals surface area contributed by atoms with Crippen LogP contribution in [0.3, 0.4) is 0 Å². The first-order valence-electron chi connectivity index (χ1n) is 5.10. The molecule has 14 heavy (non-hydrogen) atoms. The first-order valence-corrected chi connectivity index (χ1v) is 5.48. The van der Waals surface area contributed by atoms with Crippen molar-refractivity contribution in [2.75, 3.05) is 17.2 Å². The van der Waals surface area contributed by atoms with E-state index in [9.17, 15) is 0 Å². The van der Waals surface area contributed by atoms with Crippen molar-refractivity contribution in [3.8, 4) is 0 Å². The van der Waals surface area contributed by atoms with Gasteiger partial charge in [0.2, 0.25) is 0 Å². The lowest BCUT2D eigenvalue weighted by molar-refractivity contribution is 0.655. The lowest BCUT2D eigenvalue weighted by Crippen LogP contribution is -2.32. The number of nitrogens with one attached hydrogen (secondary N) is 2. The third kappa shape index (κ3) is 1.80. The van der Waals surface area contributed by atoms with Gasteiger partial charge in [-0.3, -0.25) is 0 Å².